The molecule has 7 heteroatoms. The molecule has 0 heterocycles. The second-order valence-corrected chi connectivity index (χ2v) is 4.90. The van der Waals surface area contributed by atoms with Crippen LogP contribution in [-0.2, 0) is 9.53 Å². The number of phenols is 1. The number of hydrogen-bond donors (Lipinski definition) is 2. The Balaban J connectivity index is 2.66. The fourth-order valence-corrected chi connectivity index (χ4v) is 1.70. The zero-order valence-electron chi connectivity index (χ0n) is 9.44. The Bertz CT molecular complexity index is 466. The second-order valence-electron chi connectivity index (χ2n) is 3.36. The predicted octanol–water partition coefficient (Wildman–Crippen LogP) is 1.71. The molecule has 0 spiro atoms. The highest BCUT2D eigenvalue weighted by molar-refractivity contribution is 9.10. The summed E-state index contributed by atoms with van der Waals surface area (Å²) in [6, 6.07) is 4.13. The van der Waals surface area contributed by atoms with E-state index in [0.717, 1.165) is 0 Å². The van der Waals surface area contributed by atoms with Crippen LogP contribution in [0.15, 0.2) is 18.2 Å². The van der Waals surface area contributed by atoms with Crippen molar-refractivity contribution in [3.63, 3.8) is 0 Å². The lowest BCUT2D eigenvalue weighted by atomic mass is 10.2. The topological polar surface area (TPSA) is 75.6 Å². The Morgan fingerprint density at radius 1 is 1.56 bits per heavy atom. The van der Waals surface area contributed by atoms with E-state index in [2.05, 4.69) is 26.0 Å². The van der Waals surface area contributed by atoms with Gasteiger partial charge in [-0.3, -0.25) is 9.59 Å². The van der Waals surface area contributed by atoms with Gasteiger partial charge >= 0.3 is 5.97 Å². The lowest BCUT2D eigenvalue weighted by Crippen LogP contribution is -2.33. The highest BCUT2D eigenvalue weighted by Gasteiger charge is 2.18. The number of carbonyl (C=O) groups excluding carboxylic acids is 2. The maximum absolute atomic E-state index is 11.7. The van der Waals surface area contributed by atoms with Gasteiger partial charge in [0.1, 0.15) is 10.6 Å². The average Bonchev–Trinajstić information content (AvgIpc) is 2.37. The Labute approximate surface area is 117 Å². The number of ether oxygens (including phenoxy) is 1. The number of phenolic OH excluding ortho intramolecular Hbond substituents is 1. The van der Waals surface area contributed by atoms with Crippen molar-refractivity contribution in [2.24, 2.45) is 0 Å². The molecule has 0 fully saturated rings. The SMILES string of the molecule is COC(=O)C(Br)CNC(=O)c1cc(Cl)ccc1O. The van der Waals surface area contributed by atoms with E-state index in [1.54, 1.807) is 0 Å². The number of hydrogen-bond acceptors (Lipinski definition) is 4. The zero-order chi connectivity index (χ0) is 13.7. The molecule has 5 nitrogen and oxygen atoms in total. The molecule has 1 aromatic carbocycles. The number of methoxy groups -OCH3 is 1. The molecule has 1 atom stereocenters. The van der Waals surface area contributed by atoms with Crippen LogP contribution in [0.1, 0.15) is 10.4 Å². The van der Waals surface area contributed by atoms with E-state index in [9.17, 15) is 14.7 Å². The average molecular weight is 337 g/mol. The van der Waals surface area contributed by atoms with Gasteiger partial charge < -0.3 is 15.2 Å². The molecule has 0 radical (unpaired) electrons. The summed E-state index contributed by atoms with van der Waals surface area (Å²) in [5.74, 6) is -1.20. The van der Waals surface area contributed by atoms with Crippen LogP contribution in [0.5, 0.6) is 5.75 Å². The van der Waals surface area contributed by atoms with Crippen molar-refractivity contribution in [2.45, 2.75) is 4.83 Å². The van der Waals surface area contributed by atoms with Crippen molar-refractivity contribution in [3.8, 4) is 5.75 Å². The molecule has 98 valence electrons. The number of aromatic hydroxyl groups is 1. The first-order valence-electron chi connectivity index (χ1n) is 4.94. The summed E-state index contributed by atoms with van der Waals surface area (Å²) in [6.45, 7) is 0.0391. The first kappa shape index (κ1) is 14.8. The highest BCUT2D eigenvalue weighted by atomic mass is 79.9. The molecule has 0 aliphatic heterocycles. The number of amides is 1. The minimum atomic E-state index is -0.646. The van der Waals surface area contributed by atoms with Crippen molar-refractivity contribution < 1.29 is 19.4 Å². The van der Waals surface area contributed by atoms with Crippen LogP contribution in [0.4, 0.5) is 0 Å². The van der Waals surface area contributed by atoms with Crippen LogP contribution in [0.25, 0.3) is 0 Å². The monoisotopic (exact) mass is 335 g/mol. The van der Waals surface area contributed by atoms with Gasteiger partial charge in [0.05, 0.1) is 12.7 Å². The highest BCUT2D eigenvalue weighted by Crippen LogP contribution is 2.21. The van der Waals surface area contributed by atoms with Crippen molar-refractivity contribution >= 4 is 39.4 Å². The van der Waals surface area contributed by atoms with E-state index >= 15 is 0 Å². The standard InChI is InChI=1S/C11H11BrClNO4/c1-18-11(17)8(12)5-14-10(16)7-4-6(13)2-3-9(7)15/h2-4,8,15H,5H2,1H3,(H,14,16). The largest absolute Gasteiger partial charge is 0.507 e. The zero-order valence-corrected chi connectivity index (χ0v) is 11.8. The van der Waals surface area contributed by atoms with Crippen molar-refractivity contribution in [3.05, 3.63) is 28.8 Å². The van der Waals surface area contributed by atoms with E-state index in [-0.39, 0.29) is 17.9 Å². The fraction of sp³-hybridized carbons (Fsp3) is 0.273. The van der Waals surface area contributed by atoms with Crippen LogP contribution >= 0.6 is 27.5 Å². The molecule has 1 rings (SSSR count). The summed E-state index contributed by atoms with van der Waals surface area (Å²) in [6.07, 6.45) is 0. The molecular weight excluding hydrogens is 325 g/mol. The number of esters is 1. The van der Waals surface area contributed by atoms with Gasteiger partial charge in [-0.1, -0.05) is 27.5 Å². The normalized spacial score (nSPS) is 11.7. The summed E-state index contributed by atoms with van der Waals surface area (Å²) >= 11 is 8.78. The van der Waals surface area contributed by atoms with Gasteiger partial charge in [0.2, 0.25) is 0 Å². The van der Waals surface area contributed by atoms with E-state index in [0.29, 0.717) is 5.02 Å². The Kier molecular flexibility index (Phi) is 5.43. The Hall–Kier alpha value is -1.27. The first-order valence-corrected chi connectivity index (χ1v) is 6.23. The molecule has 0 saturated carbocycles. The number of nitrogens with one attached hydrogen (secondary N) is 1. The Morgan fingerprint density at radius 3 is 2.83 bits per heavy atom. The van der Waals surface area contributed by atoms with Gasteiger partial charge in [-0.05, 0) is 18.2 Å². The lowest BCUT2D eigenvalue weighted by molar-refractivity contribution is -0.139. The van der Waals surface area contributed by atoms with Crippen LogP contribution in [-0.4, -0.2) is 35.5 Å². The fourth-order valence-electron chi connectivity index (χ4n) is 1.18. The maximum Gasteiger partial charge on any atom is 0.321 e. The van der Waals surface area contributed by atoms with Crippen LogP contribution in [0.2, 0.25) is 5.02 Å². The minimum Gasteiger partial charge on any atom is -0.507 e. The van der Waals surface area contributed by atoms with Crippen LogP contribution in [0, 0.1) is 0 Å². The predicted molar refractivity (Wildman–Crippen MR) is 70.2 cm³/mol. The molecular formula is C11H11BrClNO4. The third-order valence-corrected chi connectivity index (χ3v) is 3.03. The van der Waals surface area contributed by atoms with E-state index in [4.69, 9.17) is 11.6 Å². The molecule has 1 unspecified atom stereocenters. The van der Waals surface area contributed by atoms with Crippen molar-refractivity contribution in [2.75, 3.05) is 13.7 Å². The van der Waals surface area contributed by atoms with Crippen LogP contribution < -0.4 is 5.32 Å². The number of alkyl halides is 1. The molecule has 1 amide bonds. The number of carbonyl (C=O) groups is 2. The second kappa shape index (κ2) is 6.61. The van der Waals surface area contributed by atoms with Gasteiger partial charge in [-0.25, -0.2) is 0 Å². The summed E-state index contributed by atoms with van der Waals surface area (Å²) in [4.78, 5) is 22.2. The van der Waals surface area contributed by atoms with Crippen LogP contribution in [0.3, 0.4) is 0 Å². The quantitative estimate of drug-likeness (QED) is 0.648. The van der Waals surface area contributed by atoms with E-state index < -0.39 is 16.7 Å². The van der Waals surface area contributed by atoms with Gasteiger partial charge in [-0.15, -0.1) is 0 Å². The number of halogens is 2. The molecule has 2 N–H and O–H groups in total. The molecule has 0 saturated heterocycles. The smallest absolute Gasteiger partial charge is 0.321 e. The molecule has 0 bridgehead atoms. The Morgan fingerprint density at radius 2 is 2.22 bits per heavy atom. The van der Waals surface area contributed by atoms with Gasteiger partial charge in [-0.2, -0.15) is 0 Å². The molecule has 18 heavy (non-hydrogen) atoms. The summed E-state index contributed by atoms with van der Waals surface area (Å²) < 4.78 is 4.49. The summed E-state index contributed by atoms with van der Waals surface area (Å²) in [5, 5.41) is 12.3. The summed E-state index contributed by atoms with van der Waals surface area (Å²) in [7, 11) is 1.25. The first-order chi connectivity index (χ1) is 8.45. The third-order valence-electron chi connectivity index (χ3n) is 2.10. The summed E-state index contributed by atoms with van der Waals surface area (Å²) in [5.41, 5.74) is 0.0482. The molecule has 0 aliphatic carbocycles. The van der Waals surface area contributed by atoms with Crippen molar-refractivity contribution in [1.29, 1.82) is 0 Å². The van der Waals surface area contributed by atoms with Gasteiger partial charge in [0.15, 0.2) is 0 Å². The number of rotatable bonds is 4. The van der Waals surface area contributed by atoms with Gasteiger partial charge in [0, 0.05) is 11.6 Å². The van der Waals surface area contributed by atoms with E-state index in [1.807, 2.05) is 0 Å². The molecule has 0 aromatic heterocycles. The van der Waals surface area contributed by atoms with Gasteiger partial charge in [0.25, 0.3) is 5.91 Å². The van der Waals surface area contributed by atoms with E-state index in [1.165, 1.54) is 25.3 Å². The lowest BCUT2D eigenvalue weighted by Gasteiger charge is -2.10. The third kappa shape index (κ3) is 3.89. The molecule has 1 aromatic rings. The maximum atomic E-state index is 11.7. The minimum absolute atomic E-state index is 0.0391. The molecule has 0 aliphatic rings. The number of benzene rings is 1. The van der Waals surface area contributed by atoms with Crippen molar-refractivity contribution in [1.82, 2.24) is 5.32 Å².